The van der Waals surface area contributed by atoms with E-state index in [0.29, 0.717) is 19.3 Å². The lowest BCUT2D eigenvalue weighted by atomic mass is 10.0. The van der Waals surface area contributed by atoms with Gasteiger partial charge in [0.05, 0.1) is 0 Å². The van der Waals surface area contributed by atoms with Gasteiger partial charge in [0.25, 0.3) is 0 Å². The van der Waals surface area contributed by atoms with Crippen molar-refractivity contribution in [2.45, 2.75) is 329 Å². The molecule has 0 radical (unpaired) electrons. The Bertz CT molecular complexity index is 1370. The fraction of sp³-hybridized carbons (Fsp3) is 0.779. The molecule has 1 atom stereocenters. The lowest BCUT2D eigenvalue weighted by Gasteiger charge is -2.18. The smallest absolute Gasteiger partial charge is 0.306 e. The van der Waals surface area contributed by atoms with Crippen molar-refractivity contribution in [2.24, 2.45) is 0 Å². The van der Waals surface area contributed by atoms with Crippen LogP contribution in [0.15, 0.2) is 72.9 Å². The Balaban J connectivity index is 4.08. The van der Waals surface area contributed by atoms with E-state index in [9.17, 15) is 14.4 Å². The number of carbonyl (C=O) groups excluding carboxylic acids is 3. The quantitative estimate of drug-likeness (QED) is 0.0261. The molecular weight excluding hydrogens is 913 g/mol. The van der Waals surface area contributed by atoms with Crippen molar-refractivity contribution in [1.29, 1.82) is 0 Å². The number of carbonyl (C=O) groups is 3. The molecule has 0 amide bonds. The zero-order valence-electron chi connectivity index (χ0n) is 49.1. The van der Waals surface area contributed by atoms with Gasteiger partial charge in [-0.3, -0.25) is 14.4 Å². The predicted octanol–water partition coefficient (Wildman–Crippen LogP) is 21.7. The van der Waals surface area contributed by atoms with Gasteiger partial charge >= 0.3 is 17.9 Å². The fourth-order valence-electron chi connectivity index (χ4n) is 9.21. The van der Waals surface area contributed by atoms with Gasteiger partial charge in [-0.2, -0.15) is 0 Å². The number of rotatable bonds is 58. The molecule has 0 heterocycles. The van der Waals surface area contributed by atoms with Crippen LogP contribution in [0.3, 0.4) is 0 Å². The molecule has 6 heteroatoms. The number of ether oxygens (including phenoxy) is 3. The van der Waals surface area contributed by atoms with Crippen molar-refractivity contribution in [3.63, 3.8) is 0 Å². The molecule has 0 N–H and O–H groups in total. The molecule has 0 saturated carbocycles. The summed E-state index contributed by atoms with van der Waals surface area (Å²) in [4.78, 5) is 38.0. The summed E-state index contributed by atoms with van der Waals surface area (Å²) in [6.45, 7) is 6.52. The van der Waals surface area contributed by atoms with Gasteiger partial charge in [0.1, 0.15) is 13.2 Å². The third-order valence-electron chi connectivity index (χ3n) is 14.0. The molecule has 0 aromatic carbocycles. The van der Waals surface area contributed by atoms with Gasteiger partial charge in [-0.25, -0.2) is 0 Å². The number of allylic oxidation sites excluding steroid dienone is 12. The second kappa shape index (κ2) is 62.4. The van der Waals surface area contributed by atoms with Crippen molar-refractivity contribution >= 4 is 17.9 Å². The van der Waals surface area contributed by atoms with E-state index in [-0.39, 0.29) is 31.1 Å². The Morgan fingerprint density at radius 1 is 0.284 bits per heavy atom. The Hall–Kier alpha value is -3.15. The number of unbranched alkanes of at least 4 members (excludes halogenated alkanes) is 35. The van der Waals surface area contributed by atoms with Crippen LogP contribution < -0.4 is 0 Å². The molecule has 0 fully saturated rings. The van der Waals surface area contributed by atoms with Crippen LogP contribution in [0.2, 0.25) is 0 Å². The highest BCUT2D eigenvalue weighted by Crippen LogP contribution is 2.17. The van der Waals surface area contributed by atoms with E-state index in [1.165, 1.54) is 186 Å². The molecule has 0 saturated heterocycles. The third-order valence-corrected chi connectivity index (χ3v) is 14.0. The monoisotopic (exact) mass is 1030 g/mol. The van der Waals surface area contributed by atoms with Gasteiger partial charge in [0.15, 0.2) is 6.10 Å². The summed E-state index contributed by atoms with van der Waals surface area (Å²) >= 11 is 0. The first-order valence-electron chi connectivity index (χ1n) is 31.9. The normalized spacial score (nSPS) is 12.5. The molecule has 1 unspecified atom stereocenters. The summed E-state index contributed by atoms with van der Waals surface area (Å²) in [5, 5.41) is 0. The van der Waals surface area contributed by atoms with E-state index >= 15 is 0 Å². The molecule has 0 spiro atoms. The van der Waals surface area contributed by atoms with Gasteiger partial charge in [-0.05, 0) is 70.6 Å². The SMILES string of the molecule is CC/C=C\C/C=C\C/C=C\C/C=C\C/C=C\C/C=C\CCCCCCCCCCCCCCC(=O)OCC(COC(=O)CCCCCCCCC)OC(=O)CCCCCCCCCCCCCCCCCCCC. The average molecular weight is 1030 g/mol. The van der Waals surface area contributed by atoms with Crippen molar-refractivity contribution < 1.29 is 28.6 Å². The molecule has 0 rings (SSSR count). The van der Waals surface area contributed by atoms with Crippen LogP contribution in [0.1, 0.15) is 323 Å². The standard InChI is InChI=1S/C68H120O6/c1-4-7-10-13-16-18-20-22-24-26-28-29-30-31-32-33-34-35-36-37-38-39-40-42-43-45-47-49-52-55-58-61-67(70)73-64-65(63-72-66(69)60-57-54-51-15-12-9-6-3)74-68(71)62-59-56-53-50-48-46-44-41-27-25-23-21-19-17-14-11-8-5-2/h7,10,16,18,22,24,28-29,31-32,34-35,65H,4-6,8-9,11-15,17,19-21,23,25-27,30,33,36-64H2,1-3H3/b10-7-,18-16-,24-22-,29-28-,32-31-,35-34-. The summed E-state index contributed by atoms with van der Waals surface area (Å²) in [6, 6.07) is 0. The Labute approximate surface area is 459 Å². The van der Waals surface area contributed by atoms with Crippen LogP contribution in [-0.2, 0) is 28.6 Å². The van der Waals surface area contributed by atoms with Crippen LogP contribution in [0.4, 0.5) is 0 Å². The molecule has 428 valence electrons. The van der Waals surface area contributed by atoms with Gasteiger partial charge in [0, 0.05) is 19.3 Å². The highest BCUT2D eigenvalue weighted by molar-refractivity contribution is 5.71. The zero-order chi connectivity index (χ0) is 53.6. The third kappa shape index (κ3) is 59.7. The number of hydrogen-bond donors (Lipinski definition) is 0. The van der Waals surface area contributed by atoms with Crippen LogP contribution in [-0.4, -0.2) is 37.2 Å². The number of esters is 3. The second-order valence-electron chi connectivity index (χ2n) is 21.3. The summed E-state index contributed by atoms with van der Waals surface area (Å²) in [7, 11) is 0. The Morgan fingerprint density at radius 2 is 0.527 bits per heavy atom. The maximum atomic E-state index is 12.8. The summed E-state index contributed by atoms with van der Waals surface area (Å²) < 4.78 is 16.8. The van der Waals surface area contributed by atoms with Crippen LogP contribution in [0.25, 0.3) is 0 Å². The van der Waals surface area contributed by atoms with Gasteiger partial charge in [-0.1, -0.05) is 306 Å². The van der Waals surface area contributed by atoms with E-state index in [2.05, 4.69) is 93.7 Å². The minimum Gasteiger partial charge on any atom is -0.462 e. The maximum Gasteiger partial charge on any atom is 0.306 e. The largest absolute Gasteiger partial charge is 0.462 e. The minimum absolute atomic E-state index is 0.0709. The first-order chi connectivity index (χ1) is 36.5. The van der Waals surface area contributed by atoms with Gasteiger partial charge in [0.2, 0.25) is 0 Å². The zero-order valence-corrected chi connectivity index (χ0v) is 49.1. The van der Waals surface area contributed by atoms with E-state index in [0.717, 1.165) is 96.3 Å². The molecule has 0 bridgehead atoms. The van der Waals surface area contributed by atoms with Gasteiger partial charge < -0.3 is 14.2 Å². The van der Waals surface area contributed by atoms with Gasteiger partial charge in [-0.15, -0.1) is 0 Å². The first-order valence-corrected chi connectivity index (χ1v) is 31.9. The van der Waals surface area contributed by atoms with E-state index < -0.39 is 6.10 Å². The average Bonchev–Trinajstić information content (AvgIpc) is 3.40. The molecular formula is C68H120O6. The first kappa shape index (κ1) is 70.8. The van der Waals surface area contributed by atoms with Crippen LogP contribution in [0.5, 0.6) is 0 Å². The fourth-order valence-corrected chi connectivity index (χ4v) is 9.21. The van der Waals surface area contributed by atoms with Crippen LogP contribution in [0, 0.1) is 0 Å². The lowest BCUT2D eigenvalue weighted by Crippen LogP contribution is -2.30. The molecule has 0 aromatic rings. The predicted molar refractivity (Wildman–Crippen MR) is 321 cm³/mol. The molecule has 0 aliphatic carbocycles. The molecule has 0 aromatic heterocycles. The highest BCUT2D eigenvalue weighted by Gasteiger charge is 2.19. The Kier molecular flexibility index (Phi) is 59.7. The van der Waals surface area contributed by atoms with Crippen LogP contribution >= 0.6 is 0 Å². The van der Waals surface area contributed by atoms with Crippen molar-refractivity contribution in [2.75, 3.05) is 13.2 Å². The molecule has 74 heavy (non-hydrogen) atoms. The lowest BCUT2D eigenvalue weighted by molar-refractivity contribution is -0.167. The topological polar surface area (TPSA) is 78.9 Å². The highest BCUT2D eigenvalue weighted by atomic mass is 16.6. The van der Waals surface area contributed by atoms with Crippen molar-refractivity contribution in [3.8, 4) is 0 Å². The maximum absolute atomic E-state index is 12.8. The van der Waals surface area contributed by atoms with E-state index in [1.54, 1.807) is 0 Å². The molecule has 0 aliphatic heterocycles. The minimum atomic E-state index is -0.770. The Morgan fingerprint density at radius 3 is 0.824 bits per heavy atom. The summed E-state index contributed by atoms with van der Waals surface area (Å²) in [5.74, 6) is -0.863. The van der Waals surface area contributed by atoms with E-state index in [1.807, 2.05) is 0 Å². The molecule has 0 aliphatic rings. The second-order valence-corrected chi connectivity index (χ2v) is 21.3. The summed E-state index contributed by atoms with van der Waals surface area (Å²) in [5.41, 5.74) is 0. The van der Waals surface area contributed by atoms with E-state index in [4.69, 9.17) is 14.2 Å². The van der Waals surface area contributed by atoms with Crippen molar-refractivity contribution in [1.82, 2.24) is 0 Å². The van der Waals surface area contributed by atoms with Crippen molar-refractivity contribution in [3.05, 3.63) is 72.9 Å². The molecule has 6 nitrogen and oxygen atoms in total. The summed E-state index contributed by atoms with van der Waals surface area (Å²) in [6.07, 6.45) is 80.8. The number of hydrogen-bond acceptors (Lipinski definition) is 6.